The first-order chi connectivity index (χ1) is 7.29. The van der Waals surface area contributed by atoms with Crippen LogP contribution in [0.1, 0.15) is 0 Å². The number of benzene rings is 1. The summed E-state index contributed by atoms with van der Waals surface area (Å²) < 4.78 is 0. The van der Waals surface area contributed by atoms with Crippen LogP contribution in [-0.4, -0.2) is 13.1 Å². The Hall–Kier alpha value is -1.20. The smallest absolute Gasteiger partial charge is 0.0663 e. The highest BCUT2D eigenvalue weighted by molar-refractivity contribution is 6.30. The largest absolute Gasteiger partial charge is 0.371 e. The minimum Gasteiger partial charge on any atom is -0.371 e. The van der Waals surface area contributed by atoms with E-state index in [9.17, 15) is 0 Å². The zero-order valence-electron chi connectivity index (χ0n) is 8.23. The third kappa shape index (κ3) is 1.39. The summed E-state index contributed by atoms with van der Waals surface area (Å²) in [5, 5.41) is 9.61. The van der Waals surface area contributed by atoms with Gasteiger partial charge in [-0.25, -0.2) is 0 Å². The van der Waals surface area contributed by atoms with Crippen molar-refractivity contribution >= 4 is 17.3 Å². The van der Waals surface area contributed by atoms with Gasteiger partial charge >= 0.3 is 0 Å². The molecule has 2 nitrogen and oxygen atoms in total. The third-order valence-corrected chi connectivity index (χ3v) is 3.75. The Morgan fingerprint density at radius 1 is 1.33 bits per heavy atom. The molecule has 2 atom stereocenters. The molecular formula is C12H11ClN2. The summed E-state index contributed by atoms with van der Waals surface area (Å²) >= 11 is 5.95. The zero-order chi connectivity index (χ0) is 10.4. The fourth-order valence-electron chi connectivity index (χ4n) is 2.60. The van der Waals surface area contributed by atoms with E-state index in [0.29, 0.717) is 17.8 Å². The van der Waals surface area contributed by atoms with Crippen molar-refractivity contribution in [3.05, 3.63) is 29.3 Å². The van der Waals surface area contributed by atoms with E-state index in [0.717, 1.165) is 18.1 Å². The lowest BCUT2D eigenvalue weighted by atomic mass is 10.2. The lowest BCUT2D eigenvalue weighted by Crippen LogP contribution is -2.23. The maximum atomic E-state index is 8.82. The minimum atomic E-state index is 0.320. The second-order valence-corrected chi connectivity index (χ2v) is 4.80. The lowest BCUT2D eigenvalue weighted by molar-refractivity contribution is 0.744. The molecule has 76 valence electrons. The summed E-state index contributed by atoms with van der Waals surface area (Å²) in [6, 6.07) is 10.3. The number of nitriles is 1. The molecule has 1 aromatic rings. The van der Waals surface area contributed by atoms with Gasteiger partial charge in [0.25, 0.3) is 0 Å². The van der Waals surface area contributed by atoms with Crippen molar-refractivity contribution < 1.29 is 0 Å². The highest BCUT2D eigenvalue weighted by Gasteiger charge is 2.56. The fraction of sp³-hybridized carbons (Fsp3) is 0.417. The highest BCUT2D eigenvalue weighted by Crippen LogP contribution is 2.52. The van der Waals surface area contributed by atoms with E-state index >= 15 is 0 Å². The summed E-state index contributed by atoms with van der Waals surface area (Å²) in [6.45, 7) is 2.03. The van der Waals surface area contributed by atoms with E-state index in [4.69, 9.17) is 16.9 Å². The molecule has 3 rings (SSSR count). The van der Waals surface area contributed by atoms with Gasteiger partial charge in [0.2, 0.25) is 0 Å². The van der Waals surface area contributed by atoms with Gasteiger partial charge in [-0.1, -0.05) is 17.7 Å². The van der Waals surface area contributed by atoms with Crippen molar-refractivity contribution in [2.45, 2.75) is 0 Å². The SMILES string of the molecule is N#CC1C2CN(c3cccc(Cl)c3)CC12. The van der Waals surface area contributed by atoms with Crippen LogP contribution in [0.4, 0.5) is 5.69 Å². The third-order valence-electron chi connectivity index (χ3n) is 3.52. The first-order valence-electron chi connectivity index (χ1n) is 5.20. The molecule has 15 heavy (non-hydrogen) atoms. The van der Waals surface area contributed by atoms with Gasteiger partial charge in [0.15, 0.2) is 0 Å². The Kier molecular flexibility index (Phi) is 1.90. The Morgan fingerprint density at radius 3 is 2.67 bits per heavy atom. The maximum absolute atomic E-state index is 8.82. The van der Waals surface area contributed by atoms with E-state index in [1.165, 1.54) is 5.69 Å². The van der Waals surface area contributed by atoms with Gasteiger partial charge in [0, 0.05) is 23.8 Å². The molecular weight excluding hydrogens is 208 g/mol. The van der Waals surface area contributed by atoms with Gasteiger partial charge in [0.05, 0.1) is 12.0 Å². The molecule has 1 aliphatic heterocycles. The Balaban J connectivity index is 1.75. The van der Waals surface area contributed by atoms with Crippen molar-refractivity contribution in [1.82, 2.24) is 0 Å². The molecule has 3 heteroatoms. The maximum Gasteiger partial charge on any atom is 0.0663 e. The van der Waals surface area contributed by atoms with Crippen LogP contribution in [0.5, 0.6) is 0 Å². The average Bonchev–Trinajstić information content (AvgIpc) is 2.70. The zero-order valence-corrected chi connectivity index (χ0v) is 8.98. The molecule has 1 aromatic carbocycles. The predicted octanol–water partition coefficient (Wildman–Crippen LogP) is 2.55. The Morgan fingerprint density at radius 2 is 2.07 bits per heavy atom. The molecule has 1 aliphatic carbocycles. The number of halogens is 1. The van der Waals surface area contributed by atoms with Crippen LogP contribution in [0.25, 0.3) is 0 Å². The minimum absolute atomic E-state index is 0.320. The number of nitrogens with zero attached hydrogens (tertiary/aromatic N) is 2. The van der Waals surface area contributed by atoms with Crippen LogP contribution < -0.4 is 4.90 Å². The molecule has 1 saturated heterocycles. The molecule has 1 saturated carbocycles. The summed E-state index contributed by atoms with van der Waals surface area (Å²) in [7, 11) is 0. The van der Waals surface area contributed by atoms with Crippen LogP contribution >= 0.6 is 11.6 Å². The summed E-state index contributed by atoms with van der Waals surface area (Å²) in [5.74, 6) is 1.53. The quantitative estimate of drug-likeness (QED) is 0.725. The van der Waals surface area contributed by atoms with E-state index in [1.807, 2.05) is 18.2 Å². The van der Waals surface area contributed by atoms with Crippen molar-refractivity contribution in [2.75, 3.05) is 18.0 Å². The van der Waals surface area contributed by atoms with Gasteiger partial charge in [-0.3, -0.25) is 0 Å². The molecule has 0 amide bonds. The molecule has 0 bridgehead atoms. The van der Waals surface area contributed by atoms with Crippen LogP contribution in [0.15, 0.2) is 24.3 Å². The summed E-state index contributed by atoms with van der Waals surface area (Å²) in [5.41, 5.74) is 1.19. The normalized spacial score (nSPS) is 32.3. The first-order valence-corrected chi connectivity index (χ1v) is 5.57. The molecule has 0 spiro atoms. The van der Waals surface area contributed by atoms with Gasteiger partial charge < -0.3 is 4.90 Å². The second-order valence-electron chi connectivity index (χ2n) is 4.37. The van der Waals surface area contributed by atoms with Crippen molar-refractivity contribution in [3.63, 3.8) is 0 Å². The van der Waals surface area contributed by atoms with Gasteiger partial charge in [-0.15, -0.1) is 0 Å². The monoisotopic (exact) mass is 218 g/mol. The van der Waals surface area contributed by atoms with E-state index in [1.54, 1.807) is 0 Å². The topological polar surface area (TPSA) is 27.0 Å². The number of hydrogen-bond acceptors (Lipinski definition) is 2. The average molecular weight is 219 g/mol. The molecule has 2 unspecified atom stereocenters. The molecule has 0 radical (unpaired) electrons. The standard InChI is InChI=1S/C12H11ClN2/c13-8-2-1-3-9(4-8)15-6-11-10(5-14)12(11)7-15/h1-4,10-12H,6-7H2. The van der Waals surface area contributed by atoms with Crippen LogP contribution in [0.2, 0.25) is 5.02 Å². The van der Waals surface area contributed by atoms with Crippen molar-refractivity contribution in [1.29, 1.82) is 5.26 Å². The number of piperidine rings is 1. The van der Waals surface area contributed by atoms with Crippen LogP contribution in [-0.2, 0) is 0 Å². The highest BCUT2D eigenvalue weighted by atomic mass is 35.5. The summed E-state index contributed by atoms with van der Waals surface area (Å²) in [6.07, 6.45) is 0. The van der Waals surface area contributed by atoms with Crippen LogP contribution in [0.3, 0.4) is 0 Å². The number of rotatable bonds is 1. The summed E-state index contributed by atoms with van der Waals surface area (Å²) in [4.78, 5) is 2.33. The first kappa shape index (κ1) is 9.06. The molecule has 2 fully saturated rings. The molecule has 1 heterocycles. The van der Waals surface area contributed by atoms with Gasteiger partial charge in [-0.2, -0.15) is 5.26 Å². The van der Waals surface area contributed by atoms with Crippen molar-refractivity contribution in [2.24, 2.45) is 17.8 Å². The Labute approximate surface area is 94.1 Å². The molecule has 2 aliphatic rings. The van der Waals surface area contributed by atoms with Gasteiger partial charge in [-0.05, 0) is 30.0 Å². The second kappa shape index (κ2) is 3.15. The fourth-order valence-corrected chi connectivity index (χ4v) is 2.79. The molecule has 0 aromatic heterocycles. The van der Waals surface area contributed by atoms with Gasteiger partial charge in [0.1, 0.15) is 0 Å². The predicted molar refractivity (Wildman–Crippen MR) is 59.7 cm³/mol. The van der Waals surface area contributed by atoms with Crippen LogP contribution in [0, 0.1) is 29.1 Å². The van der Waals surface area contributed by atoms with E-state index in [-0.39, 0.29) is 0 Å². The lowest BCUT2D eigenvalue weighted by Gasteiger charge is -2.20. The van der Waals surface area contributed by atoms with E-state index in [2.05, 4.69) is 17.0 Å². The number of fused-ring (bicyclic) bond motifs is 1. The van der Waals surface area contributed by atoms with E-state index < -0.39 is 0 Å². The Bertz CT molecular complexity index is 425. The molecule has 0 N–H and O–H groups in total. The number of hydrogen-bond donors (Lipinski definition) is 0. The number of anilines is 1. The van der Waals surface area contributed by atoms with Crippen molar-refractivity contribution in [3.8, 4) is 6.07 Å².